The highest BCUT2D eigenvalue weighted by atomic mass is 19.2. The zero-order valence-electron chi connectivity index (χ0n) is 9.49. The average molecular weight is 290 g/mol. The number of hydrogen-bond acceptors (Lipinski definition) is 1. The van der Waals surface area contributed by atoms with Gasteiger partial charge < -0.3 is 0 Å². The van der Waals surface area contributed by atoms with E-state index in [9.17, 15) is 31.1 Å². The van der Waals surface area contributed by atoms with Gasteiger partial charge >= 0.3 is 0 Å². The van der Waals surface area contributed by atoms with Crippen LogP contribution in [0.2, 0.25) is 0 Å². The summed E-state index contributed by atoms with van der Waals surface area (Å²) in [6, 6.07) is 1.41. The molecule has 0 aliphatic rings. The minimum Gasteiger partial charge on any atom is -0.288 e. The number of carbonyl (C=O) groups is 1. The first-order valence-electron chi connectivity index (χ1n) is 5.15. The normalized spacial score (nSPS) is 10.7. The number of hydrogen-bond donors (Lipinski definition) is 0. The summed E-state index contributed by atoms with van der Waals surface area (Å²) in [7, 11) is 0. The molecule has 0 aliphatic heterocycles. The molecule has 20 heavy (non-hydrogen) atoms. The lowest BCUT2D eigenvalue weighted by atomic mass is 10.0. The maximum atomic E-state index is 13.4. The molecule has 0 bridgehead atoms. The lowest BCUT2D eigenvalue weighted by Gasteiger charge is -2.06. The van der Waals surface area contributed by atoms with Crippen LogP contribution in [0.5, 0.6) is 0 Å². The third-order valence-electron chi connectivity index (χ3n) is 2.51. The molecule has 0 spiro atoms. The third-order valence-corrected chi connectivity index (χ3v) is 2.51. The number of benzene rings is 2. The maximum Gasteiger partial charge on any atom is 0.202 e. The van der Waals surface area contributed by atoms with Gasteiger partial charge in [0.15, 0.2) is 17.5 Å². The van der Waals surface area contributed by atoms with E-state index in [1.807, 2.05) is 0 Å². The summed E-state index contributed by atoms with van der Waals surface area (Å²) < 4.78 is 78.5. The summed E-state index contributed by atoms with van der Waals surface area (Å²) in [6.07, 6.45) is 0. The molecule has 0 aliphatic carbocycles. The summed E-state index contributed by atoms with van der Waals surface area (Å²) >= 11 is 0. The Hall–Kier alpha value is -2.31. The summed E-state index contributed by atoms with van der Waals surface area (Å²) in [5, 5.41) is 0. The molecule has 0 saturated heterocycles. The molecular weight excluding hydrogens is 286 g/mol. The minimum absolute atomic E-state index is 0.216. The highest BCUT2D eigenvalue weighted by Gasteiger charge is 2.25. The Labute approximate surface area is 108 Å². The number of rotatable bonds is 2. The smallest absolute Gasteiger partial charge is 0.202 e. The molecule has 7 heteroatoms. The monoisotopic (exact) mass is 290 g/mol. The molecule has 0 unspecified atom stereocenters. The zero-order chi connectivity index (χ0) is 15.0. The van der Waals surface area contributed by atoms with Crippen LogP contribution in [-0.4, -0.2) is 5.78 Å². The maximum absolute atomic E-state index is 13.4. The van der Waals surface area contributed by atoms with Gasteiger partial charge in [-0.2, -0.15) is 0 Å². The second-order valence-corrected chi connectivity index (χ2v) is 3.80. The van der Waals surface area contributed by atoms with Gasteiger partial charge in [0.1, 0.15) is 17.5 Å². The molecule has 104 valence electrons. The molecule has 2 aromatic carbocycles. The van der Waals surface area contributed by atoms with Crippen molar-refractivity contribution in [3.8, 4) is 0 Å². The van der Waals surface area contributed by atoms with Crippen LogP contribution in [-0.2, 0) is 0 Å². The van der Waals surface area contributed by atoms with Crippen molar-refractivity contribution in [2.24, 2.45) is 0 Å². The van der Waals surface area contributed by atoms with Gasteiger partial charge in [-0.1, -0.05) is 0 Å². The Balaban J connectivity index is 2.61. The molecule has 0 aromatic heterocycles. The fraction of sp³-hybridized carbons (Fsp3) is 0. The predicted octanol–water partition coefficient (Wildman–Crippen LogP) is 3.75. The summed E-state index contributed by atoms with van der Waals surface area (Å²) in [5.74, 6) is -11.4. The summed E-state index contributed by atoms with van der Waals surface area (Å²) in [4.78, 5) is 11.8. The van der Waals surface area contributed by atoms with E-state index in [1.165, 1.54) is 0 Å². The summed E-state index contributed by atoms with van der Waals surface area (Å²) in [6.45, 7) is 0. The summed E-state index contributed by atoms with van der Waals surface area (Å²) in [5.41, 5.74) is -2.32. The van der Waals surface area contributed by atoms with Crippen LogP contribution in [0, 0.1) is 34.9 Å². The molecule has 0 saturated carbocycles. The molecule has 1 nitrogen and oxygen atoms in total. The van der Waals surface area contributed by atoms with E-state index in [-0.39, 0.29) is 12.1 Å². The van der Waals surface area contributed by atoms with E-state index in [4.69, 9.17) is 0 Å². The van der Waals surface area contributed by atoms with Crippen molar-refractivity contribution < 1.29 is 31.1 Å². The van der Waals surface area contributed by atoms with E-state index >= 15 is 0 Å². The Morgan fingerprint density at radius 1 is 0.750 bits per heavy atom. The SMILES string of the molecule is O=C(c1ccc(F)c(F)c1F)c1c(F)cc(F)cc1F. The van der Waals surface area contributed by atoms with Gasteiger partial charge in [0.05, 0.1) is 11.1 Å². The van der Waals surface area contributed by atoms with E-state index < -0.39 is 51.8 Å². The fourth-order valence-corrected chi connectivity index (χ4v) is 1.60. The van der Waals surface area contributed by atoms with E-state index in [2.05, 4.69) is 0 Å². The van der Waals surface area contributed by atoms with Gasteiger partial charge in [0, 0.05) is 12.1 Å². The quantitative estimate of drug-likeness (QED) is 0.467. The van der Waals surface area contributed by atoms with Crippen molar-refractivity contribution in [3.05, 3.63) is 70.3 Å². The molecule has 2 aromatic rings. The lowest BCUT2D eigenvalue weighted by molar-refractivity contribution is 0.102. The van der Waals surface area contributed by atoms with Crippen molar-refractivity contribution in [1.82, 2.24) is 0 Å². The van der Waals surface area contributed by atoms with Crippen LogP contribution in [0.15, 0.2) is 24.3 Å². The molecule has 2 rings (SSSR count). The highest BCUT2D eigenvalue weighted by Crippen LogP contribution is 2.22. The van der Waals surface area contributed by atoms with Crippen LogP contribution in [0.4, 0.5) is 26.3 Å². The molecule has 0 N–H and O–H groups in total. The van der Waals surface area contributed by atoms with Crippen molar-refractivity contribution >= 4 is 5.78 Å². The predicted molar refractivity (Wildman–Crippen MR) is 56.1 cm³/mol. The number of ketones is 1. The van der Waals surface area contributed by atoms with Gasteiger partial charge in [0.2, 0.25) is 5.78 Å². The third kappa shape index (κ3) is 2.26. The van der Waals surface area contributed by atoms with Gasteiger partial charge in [-0.15, -0.1) is 0 Å². The molecule has 0 fully saturated rings. The number of halogens is 6. The standard InChI is InChI=1S/C13H4F6O/c14-5-3-8(16)10(9(17)4-5)13(20)6-1-2-7(15)12(19)11(6)18/h1-4H. The van der Waals surface area contributed by atoms with Crippen LogP contribution in [0.3, 0.4) is 0 Å². The first-order valence-corrected chi connectivity index (χ1v) is 5.15. The minimum atomic E-state index is -1.95. The molecule has 0 amide bonds. The Bertz CT molecular complexity index is 687. The van der Waals surface area contributed by atoms with E-state index in [0.717, 1.165) is 0 Å². The van der Waals surface area contributed by atoms with E-state index in [0.29, 0.717) is 12.1 Å². The lowest BCUT2D eigenvalue weighted by Crippen LogP contribution is -2.11. The van der Waals surface area contributed by atoms with Gasteiger partial charge in [0.25, 0.3) is 0 Å². The van der Waals surface area contributed by atoms with Crippen LogP contribution in [0.25, 0.3) is 0 Å². The van der Waals surface area contributed by atoms with Gasteiger partial charge in [-0.3, -0.25) is 4.79 Å². The highest BCUT2D eigenvalue weighted by molar-refractivity contribution is 6.09. The second kappa shape index (κ2) is 4.99. The van der Waals surface area contributed by atoms with Crippen LogP contribution in [0.1, 0.15) is 15.9 Å². The van der Waals surface area contributed by atoms with Crippen molar-refractivity contribution in [3.63, 3.8) is 0 Å². The largest absolute Gasteiger partial charge is 0.288 e. The topological polar surface area (TPSA) is 17.1 Å². The van der Waals surface area contributed by atoms with Crippen molar-refractivity contribution in [2.45, 2.75) is 0 Å². The fourth-order valence-electron chi connectivity index (χ4n) is 1.60. The van der Waals surface area contributed by atoms with Crippen molar-refractivity contribution in [2.75, 3.05) is 0 Å². The Morgan fingerprint density at radius 3 is 1.85 bits per heavy atom. The molecular formula is C13H4F6O. The second-order valence-electron chi connectivity index (χ2n) is 3.80. The first-order chi connectivity index (χ1) is 9.32. The van der Waals surface area contributed by atoms with Crippen molar-refractivity contribution in [1.29, 1.82) is 0 Å². The Kier molecular flexibility index (Phi) is 3.52. The van der Waals surface area contributed by atoms with E-state index in [1.54, 1.807) is 0 Å². The van der Waals surface area contributed by atoms with Gasteiger partial charge in [-0.05, 0) is 12.1 Å². The zero-order valence-corrected chi connectivity index (χ0v) is 9.49. The van der Waals surface area contributed by atoms with Crippen LogP contribution < -0.4 is 0 Å². The first kappa shape index (κ1) is 14.1. The molecule has 0 heterocycles. The Morgan fingerprint density at radius 2 is 1.30 bits per heavy atom. The average Bonchev–Trinajstić information content (AvgIpc) is 2.34. The molecule has 0 radical (unpaired) electrons. The van der Waals surface area contributed by atoms with Gasteiger partial charge in [-0.25, -0.2) is 26.3 Å². The number of carbonyl (C=O) groups excluding carboxylic acids is 1. The molecule has 0 atom stereocenters. The van der Waals surface area contributed by atoms with Crippen LogP contribution >= 0.6 is 0 Å².